The second-order valence-corrected chi connectivity index (χ2v) is 4.15. The number of nitrogens with zero attached hydrogens (tertiary/aromatic N) is 1. The Hall–Kier alpha value is -2.01. The third kappa shape index (κ3) is 2.46. The first-order chi connectivity index (χ1) is 8.61. The summed E-state index contributed by atoms with van der Waals surface area (Å²) in [6.07, 6.45) is 1.85. The van der Waals surface area contributed by atoms with Gasteiger partial charge in [-0.15, -0.1) is 0 Å². The van der Waals surface area contributed by atoms with Crippen LogP contribution in [0.3, 0.4) is 0 Å². The normalized spacial score (nSPS) is 10.8. The third-order valence-electron chi connectivity index (χ3n) is 2.77. The van der Waals surface area contributed by atoms with Gasteiger partial charge in [0.1, 0.15) is 12.4 Å². The zero-order valence-corrected chi connectivity index (χ0v) is 10.2. The van der Waals surface area contributed by atoms with Crippen LogP contribution < -0.4 is 10.5 Å². The highest BCUT2D eigenvalue weighted by Gasteiger charge is 2.10. The number of aryl methyl sites for hydroxylation is 1. The van der Waals surface area contributed by atoms with Crippen LogP contribution in [0.5, 0.6) is 5.75 Å². The number of hydrogen-bond donors (Lipinski definition) is 2. The van der Waals surface area contributed by atoms with Crippen LogP contribution in [0.25, 0.3) is 10.9 Å². The minimum absolute atomic E-state index is 0.0116. The number of aliphatic carboxylic acids is 1. The van der Waals surface area contributed by atoms with Gasteiger partial charge in [0.05, 0.1) is 6.42 Å². The number of aromatic nitrogens is 1. The molecule has 18 heavy (non-hydrogen) atoms. The predicted molar refractivity (Wildman–Crippen MR) is 68.8 cm³/mol. The molecule has 1 heterocycles. The largest absolute Gasteiger partial charge is 0.492 e. The molecule has 0 spiro atoms. The summed E-state index contributed by atoms with van der Waals surface area (Å²) in [5.74, 6) is -0.124. The Morgan fingerprint density at radius 2 is 2.28 bits per heavy atom. The zero-order valence-electron chi connectivity index (χ0n) is 10.2. The Bertz CT molecular complexity index is 575. The van der Waals surface area contributed by atoms with Crippen molar-refractivity contribution in [3.05, 3.63) is 30.0 Å². The van der Waals surface area contributed by atoms with Gasteiger partial charge in [-0.05, 0) is 23.8 Å². The SMILES string of the molecule is Cn1cc(CC(=O)O)c2cc(OCCN)ccc21. The van der Waals surface area contributed by atoms with E-state index in [0.29, 0.717) is 18.9 Å². The standard InChI is InChI=1S/C13H16N2O3/c1-15-8-9(6-13(16)17)11-7-10(18-5-4-14)2-3-12(11)15/h2-3,7-8H,4-6,14H2,1H3,(H,16,17). The molecular formula is C13H16N2O3. The molecule has 0 saturated heterocycles. The number of fused-ring (bicyclic) bond motifs is 1. The van der Waals surface area contributed by atoms with Gasteiger partial charge < -0.3 is 20.1 Å². The van der Waals surface area contributed by atoms with Crippen molar-refractivity contribution in [3.8, 4) is 5.75 Å². The fraction of sp³-hybridized carbons (Fsp3) is 0.308. The molecular weight excluding hydrogens is 232 g/mol. The van der Waals surface area contributed by atoms with E-state index in [0.717, 1.165) is 16.5 Å². The molecule has 0 amide bonds. The number of hydrogen-bond acceptors (Lipinski definition) is 3. The molecule has 0 bridgehead atoms. The molecule has 0 atom stereocenters. The molecule has 1 aromatic carbocycles. The van der Waals surface area contributed by atoms with E-state index in [1.165, 1.54) is 0 Å². The molecule has 1 aromatic heterocycles. The number of rotatable bonds is 5. The van der Waals surface area contributed by atoms with Gasteiger partial charge in [0.25, 0.3) is 0 Å². The highest BCUT2D eigenvalue weighted by molar-refractivity contribution is 5.88. The molecule has 0 aliphatic heterocycles. The van der Waals surface area contributed by atoms with E-state index in [1.54, 1.807) is 0 Å². The van der Waals surface area contributed by atoms with Crippen LogP contribution in [0.15, 0.2) is 24.4 Å². The maximum Gasteiger partial charge on any atom is 0.307 e. The van der Waals surface area contributed by atoms with E-state index >= 15 is 0 Å². The average molecular weight is 248 g/mol. The molecule has 0 saturated carbocycles. The molecule has 0 aliphatic rings. The molecule has 5 nitrogen and oxygen atoms in total. The van der Waals surface area contributed by atoms with Crippen LogP contribution in [-0.4, -0.2) is 28.8 Å². The summed E-state index contributed by atoms with van der Waals surface area (Å²) in [4.78, 5) is 10.8. The molecule has 5 heteroatoms. The summed E-state index contributed by atoms with van der Waals surface area (Å²) in [6.45, 7) is 0.904. The van der Waals surface area contributed by atoms with Gasteiger partial charge >= 0.3 is 5.97 Å². The number of nitrogens with two attached hydrogens (primary N) is 1. The number of carboxylic acids is 1. The van der Waals surface area contributed by atoms with Crippen LogP contribution in [0.4, 0.5) is 0 Å². The second kappa shape index (κ2) is 5.10. The van der Waals surface area contributed by atoms with Gasteiger partial charge in [0, 0.05) is 30.7 Å². The van der Waals surface area contributed by atoms with Gasteiger partial charge in [-0.1, -0.05) is 0 Å². The summed E-state index contributed by atoms with van der Waals surface area (Å²) < 4.78 is 7.37. The minimum atomic E-state index is -0.837. The fourth-order valence-electron chi connectivity index (χ4n) is 2.02. The molecule has 0 radical (unpaired) electrons. The van der Waals surface area contributed by atoms with Crippen molar-refractivity contribution in [2.45, 2.75) is 6.42 Å². The first-order valence-electron chi connectivity index (χ1n) is 5.74. The summed E-state index contributed by atoms with van der Waals surface area (Å²) in [7, 11) is 1.90. The van der Waals surface area contributed by atoms with E-state index in [-0.39, 0.29) is 6.42 Å². The van der Waals surface area contributed by atoms with Gasteiger partial charge in [-0.25, -0.2) is 0 Å². The van der Waals surface area contributed by atoms with Crippen LogP contribution in [-0.2, 0) is 18.3 Å². The van der Waals surface area contributed by atoms with Gasteiger partial charge in [-0.3, -0.25) is 4.79 Å². The first-order valence-corrected chi connectivity index (χ1v) is 5.74. The number of benzene rings is 1. The molecule has 0 aliphatic carbocycles. The van der Waals surface area contributed by atoms with Crippen molar-refractivity contribution in [1.82, 2.24) is 4.57 Å². The highest BCUT2D eigenvalue weighted by Crippen LogP contribution is 2.25. The van der Waals surface area contributed by atoms with Crippen LogP contribution in [0.1, 0.15) is 5.56 Å². The van der Waals surface area contributed by atoms with Crippen molar-refractivity contribution in [1.29, 1.82) is 0 Å². The summed E-state index contributed by atoms with van der Waals surface area (Å²) in [5, 5.41) is 9.80. The van der Waals surface area contributed by atoms with E-state index in [4.69, 9.17) is 15.6 Å². The number of carboxylic acid groups (broad SMARTS) is 1. The maximum atomic E-state index is 10.8. The fourth-order valence-corrected chi connectivity index (χ4v) is 2.02. The van der Waals surface area contributed by atoms with Crippen molar-refractivity contribution in [2.24, 2.45) is 12.8 Å². The van der Waals surface area contributed by atoms with Gasteiger partial charge in [0.15, 0.2) is 0 Å². The zero-order chi connectivity index (χ0) is 13.1. The lowest BCUT2D eigenvalue weighted by Crippen LogP contribution is -2.10. The Balaban J connectivity index is 2.41. The number of carbonyl (C=O) groups is 1. The average Bonchev–Trinajstić information content (AvgIpc) is 2.63. The Morgan fingerprint density at radius 3 is 2.94 bits per heavy atom. The lowest BCUT2D eigenvalue weighted by molar-refractivity contribution is -0.136. The lowest BCUT2D eigenvalue weighted by atomic mass is 10.1. The summed E-state index contributed by atoms with van der Waals surface area (Å²) in [6, 6.07) is 5.65. The first kappa shape index (κ1) is 12.4. The Kier molecular flexibility index (Phi) is 3.53. The summed E-state index contributed by atoms with van der Waals surface area (Å²) in [5.41, 5.74) is 7.16. The second-order valence-electron chi connectivity index (χ2n) is 4.15. The van der Waals surface area contributed by atoms with E-state index < -0.39 is 5.97 Å². The highest BCUT2D eigenvalue weighted by atomic mass is 16.5. The van der Waals surface area contributed by atoms with Crippen LogP contribution in [0, 0.1) is 0 Å². The van der Waals surface area contributed by atoms with Crippen LogP contribution in [0.2, 0.25) is 0 Å². The Labute approximate surface area is 105 Å². The molecule has 2 rings (SSSR count). The number of ether oxygens (including phenoxy) is 1. The van der Waals surface area contributed by atoms with E-state index in [2.05, 4.69) is 0 Å². The third-order valence-corrected chi connectivity index (χ3v) is 2.77. The van der Waals surface area contributed by atoms with Gasteiger partial charge in [-0.2, -0.15) is 0 Å². The topological polar surface area (TPSA) is 77.5 Å². The molecule has 0 unspecified atom stereocenters. The molecule has 0 fully saturated rings. The van der Waals surface area contributed by atoms with Crippen molar-refractivity contribution in [3.63, 3.8) is 0 Å². The molecule has 96 valence electrons. The molecule has 3 N–H and O–H groups in total. The van der Waals surface area contributed by atoms with Gasteiger partial charge in [0.2, 0.25) is 0 Å². The summed E-state index contributed by atoms with van der Waals surface area (Å²) >= 11 is 0. The Morgan fingerprint density at radius 1 is 1.50 bits per heavy atom. The van der Waals surface area contributed by atoms with Crippen LogP contribution >= 0.6 is 0 Å². The van der Waals surface area contributed by atoms with Crippen molar-refractivity contribution >= 4 is 16.9 Å². The quantitative estimate of drug-likeness (QED) is 0.832. The maximum absolute atomic E-state index is 10.8. The monoisotopic (exact) mass is 248 g/mol. The van der Waals surface area contributed by atoms with E-state index in [1.807, 2.05) is 36.0 Å². The smallest absolute Gasteiger partial charge is 0.307 e. The van der Waals surface area contributed by atoms with Crippen molar-refractivity contribution in [2.75, 3.05) is 13.2 Å². The lowest BCUT2D eigenvalue weighted by Gasteiger charge is -2.05. The van der Waals surface area contributed by atoms with E-state index in [9.17, 15) is 4.79 Å². The predicted octanol–water partition coefficient (Wildman–Crippen LogP) is 1.14. The molecule has 2 aromatic rings. The minimum Gasteiger partial charge on any atom is -0.492 e. The van der Waals surface area contributed by atoms with Crippen molar-refractivity contribution < 1.29 is 14.6 Å².